The summed E-state index contributed by atoms with van der Waals surface area (Å²) >= 11 is 0. The Labute approximate surface area is 170 Å². The fourth-order valence-corrected chi connectivity index (χ4v) is 3.98. The molecule has 1 heterocycles. The van der Waals surface area contributed by atoms with Crippen molar-refractivity contribution < 1.29 is 14.3 Å². The molecule has 146 valence electrons. The van der Waals surface area contributed by atoms with Crippen molar-refractivity contribution >= 4 is 23.4 Å². The Hall–Kier alpha value is -3.40. The second-order valence-electron chi connectivity index (χ2n) is 7.26. The van der Waals surface area contributed by atoms with Crippen molar-refractivity contribution in [3.8, 4) is 0 Å². The highest BCUT2D eigenvalue weighted by Crippen LogP contribution is 2.41. The number of hydrogen-bond acceptors (Lipinski definition) is 3. The minimum absolute atomic E-state index is 0.0678. The Morgan fingerprint density at radius 3 is 2.62 bits per heavy atom. The first kappa shape index (κ1) is 18.9. The van der Waals surface area contributed by atoms with E-state index in [4.69, 9.17) is 4.74 Å². The summed E-state index contributed by atoms with van der Waals surface area (Å²) in [5.41, 5.74) is 7.44. The number of aromatic nitrogens is 1. The van der Waals surface area contributed by atoms with Crippen LogP contribution in [0.15, 0.2) is 60.8 Å². The van der Waals surface area contributed by atoms with E-state index in [9.17, 15) is 9.59 Å². The molecule has 2 aromatic carbocycles. The molecule has 0 spiro atoms. The monoisotopic (exact) mass is 385 g/mol. The molecule has 0 fully saturated rings. The van der Waals surface area contributed by atoms with Gasteiger partial charge in [-0.25, -0.2) is 4.79 Å². The molecule has 4 heteroatoms. The van der Waals surface area contributed by atoms with E-state index in [1.165, 1.54) is 0 Å². The van der Waals surface area contributed by atoms with Gasteiger partial charge in [0.15, 0.2) is 0 Å². The molecule has 4 nitrogen and oxygen atoms in total. The van der Waals surface area contributed by atoms with Crippen molar-refractivity contribution in [1.82, 2.24) is 4.98 Å². The van der Waals surface area contributed by atoms with Gasteiger partial charge in [0.1, 0.15) is 0 Å². The van der Waals surface area contributed by atoms with Gasteiger partial charge in [-0.15, -0.1) is 0 Å². The number of esters is 1. The molecular weight excluding hydrogens is 362 g/mol. The Morgan fingerprint density at radius 1 is 1.07 bits per heavy atom. The maximum absolute atomic E-state index is 12.6. The van der Waals surface area contributed by atoms with Gasteiger partial charge in [-0.3, -0.25) is 4.79 Å². The number of ketones is 1. The molecule has 0 amide bonds. The quantitative estimate of drug-likeness (QED) is 0.503. The molecule has 1 aliphatic rings. The van der Waals surface area contributed by atoms with Gasteiger partial charge < -0.3 is 9.72 Å². The number of nitrogens with one attached hydrogen (secondary N) is 1. The number of H-pyrrole nitrogens is 1. The number of ether oxygens (including phenoxy) is 1. The molecule has 1 aromatic heterocycles. The zero-order chi connectivity index (χ0) is 20.4. The zero-order valence-electron chi connectivity index (χ0n) is 16.6. The van der Waals surface area contributed by atoms with E-state index in [2.05, 4.69) is 42.2 Å². The fraction of sp³-hybridized carbons (Fsp3) is 0.200. The van der Waals surface area contributed by atoms with Crippen LogP contribution in [0.2, 0.25) is 0 Å². The first-order valence-corrected chi connectivity index (χ1v) is 9.83. The first-order valence-electron chi connectivity index (χ1n) is 9.83. The molecule has 29 heavy (non-hydrogen) atoms. The van der Waals surface area contributed by atoms with Crippen molar-refractivity contribution in [2.45, 2.75) is 26.2 Å². The van der Waals surface area contributed by atoms with Crippen LogP contribution in [0.5, 0.6) is 0 Å². The number of rotatable bonds is 5. The summed E-state index contributed by atoms with van der Waals surface area (Å²) in [6.45, 7) is 3.95. The summed E-state index contributed by atoms with van der Waals surface area (Å²) in [6, 6.07) is 18.5. The predicted molar refractivity (Wildman–Crippen MR) is 113 cm³/mol. The van der Waals surface area contributed by atoms with Crippen molar-refractivity contribution in [3.63, 3.8) is 0 Å². The lowest BCUT2D eigenvalue weighted by Crippen LogP contribution is -2.21. The minimum Gasteiger partial charge on any atom is -0.460 e. The van der Waals surface area contributed by atoms with Gasteiger partial charge in [-0.05, 0) is 48.3 Å². The van der Waals surface area contributed by atoms with E-state index >= 15 is 0 Å². The highest BCUT2D eigenvalue weighted by atomic mass is 16.5. The van der Waals surface area contributed by atoms with Crippen LogP contribution in [0.25, 0.3) is 11.6 Å². The second-order valence-corrected chi connectivity index (χ2v) is 7.26. The average Bonchev–Trinajstić information content (AvgIpc) is 3.16. The third kappa shape index (κ3) is 3.66. The summed E-state index contributed by atoms with van der Waals surface area (Å²) in [7, 11) is 0. The van der Waals surface area contributed by atoms with Crippen LogP contribution >= 0.6 is 0 Å². The highest BCUT2D eigenvalue weighted by molar-refractivity contribution is 6.33. The lowest BCUT2D eigenvalue weighted by Gasteiger charge is -2.18. The van der Waals surface area contributed by atoms with Crippen LogP contribution in [0.1, 0.15) is 52.8 Å². The van der Waals surface area contributed by atoms with Crippen LogP contribution < -0.4 is 0 Å². The molecule has 1 aliphatic carbocycles. The van der Waals surface area contributed by atoms with E-state index in [0.29, 0.717) is 0 Å². The number of aryl methyl sites for hydroxylation is 1. The van der Waals surface area contributed by atoms with Crippen LogP contribution in [0, 0.1) is 6.92 Å². The molecule has 4 rings (SSSR count). The number of aromatic amines is 1. The Bertz CT molecular complexity index is 1090. The second kappa shape index (κ2) is 7.92. The number of carbonyl (C=O) groups excluding carboxylic acids is 2. The van der Waals surface area contributed by atoms with Gasteiger partial charge in [0.05, 0.1) is 6.61 Å². The highest BCUT2D eigenvalue weighted by Gasteiger charge is 2.30. The van der Waals surface area contributed by atoms with Gasteiger partial charge >= 0.3 is 5.97 Å². The smallest absolute Gasteiger partial charge is 0.374 e. The van der Waals surface area contributed by atoms with E-state index in [1.54, 1.807) is 6.92 Å². The Balaban J connectivity index is 1.86. The summed E-state index contributed by atoms with van der Waals surface area (Å²) in [5, 5.41) is 0. The molecule has 1 N–H and O–H groups in total. The SMILES string of the molecule is CCOC(=O)C(=O)C[C@H]1c2ccc(C)cc2C=C(c2ccccc2)c2cc[nH]c21. The normalized spacial score (nSPS) is 15.0. The summed E-state index contributed by atoms with van der Waals surface area (Å²) in [4.78, 5) is 27.9. The van der Waals surface area contributed by atoms with Gasteiger partial charge in [0.25, 0.3) is 0 Å². The maximum atomic E-state index is 12.6. The zero-order valence-corrected chi connectivity index (χ0v) is 16.6. The standard InChI is InChI=1S/C25H23NO3/c1-3-29-25(28)23(27)15-22-19-10-9-16(2)13-18(19)14-21(17-7-5-4-6-8-17)20-11-12-26-24(20)22/h4-14,22,26H,3,15H2,1-2H3/t22-/m0/s1. The minimum atomic E-state index is -0.769. The van der Waals surface area contributed by atoms with Crippen LogP contribution in [0.3, 0.4) is 0 Å². The van der Waals surface area contributed by atoms with E-state index in [0.717, 1.165) is 39.1 Å². The average molecular weight is 385 g/mol. The lowest BCUT2D eigenvalue weighted by molar-refractivity contribution is -0.153. The largest absolute Gasteiger partial charge is 0.460 e. The molecule has 0 radical (unpaired) electrons. The van der Waals surface area contributed by atoms with Crippen molar-refractivity contribution in [1.29, 1.82) is 0 Å². The number of carbonyl (C=O) groups is 2. The molecule has 0 aliphatic heterocycles. The molecular formula is C25H23NO3. The van der Waals surface area contributed by atoms with Gasteiger partial charge in [0.2, 0.25) is 5.78 Å². The lowest BCUT2D eigenvalue weighted by atomic mass is 9.87. The van der Waals surface area contributed by atoms with Gasteiger partial charge in [-0.2, -0.15) is 0 Å². The van der Waals surface area contributed by atoms with E-state index in [-0.39, 0.29) is 18.9 Å². The maximum Gasteiger partial charge on any atom is 0.374 e. The molecule has 0 unspecified atom stereocenters. The molecule has 3 aromatic rings. The van der Waals surface area contributed by atoms with Crippen LogP contribution in [-0.4, -0.2) is 23.3 Å². The molecule has 0 saturated carbocycles. The van der Waals surface area contributed by atoms with Gasteiger partial charge in [0, 0.05) is 29.8 Å². The molecule has 0 saturated heterocycles. The van der Waals surface area contributed by atoms with Crippen LogP contribution in [0.4, 0.5) is 0 Å². The number of benzene rings is 2. The van der Waals surface area contributed by atoms with Crippen molar-refractivity contribution in [3.05, 3.63) is 94.3 Å². The molecule has 0 bridgehead atoms. The fourth-order valence-electron chi connectivity index (χ4n) is 3.98. The van der Waals surface area contributed by atoms with Gasteiger partial charge in [-0.1, -0.05) is 54.1 Å². The number of Topliss-reactive ketones (excluding diaryl/α,β-unsaturated/α-hetero) is 1. The predicted octanol–water partition coefficient (Wildman–Crippen LogP) is 4.88. The van der Waals surface area contributed by atoms with E-state index < -0.39 is 11.8 Å². The third-order valence-corrected chi connectivity index (χ3v) is 5.31. The number of fused-ring (bicyclic) bond motifs is 2. The van der Waals surface area contributed by atoms with E-state index in [1.807, 2.05) is 36.5 Å². The van der Waals surface area contributed by atoms with Crippen LogP contribution in [-0.2, 0) is 14.3 Å². The van der Waals surface area contributed by atoms with Crippen molar-refractivity contribution in [2.75, 3.05) is 6.61 Å². The summed E-state index contributed by atoms with van der Waals surface area (Å²) < 4.78 is 4.93. The Kier molecular flexibility index (Phi) is 5.17. The molecule has 1 atom stereocenters. The first-order chi connectivity index (χ1) is 14.1. The number of hydrogen-bond donors (Lipinski definition) is 1. The Morgan fingerprint density at radius 2 is 1.86 bits per heavy atom. The summed E-state index contributed by atoms with van der Waals surface area (Å²) in [5.74, 6) is -1.52. The topological polar surface area (TPSA) is 59.2 Å². The summed E-state index contributed by atoms with van der Waals surface area (Å²) in [6.07, 6.45) is 4.14. The third-order valence-electron chi connectivity index (χ3n) is 5.31. The van der Waals surface area contributed by atoms with Crippen molar-refractivity contribution in [2.24, 2.45) is 0 Å².